The molecule has 1 amide bonds. The molecule has 1 aliphatic rings. The van der Waals surface area contributed by atoms with Gasteiger partial charge in [0.05, 0.1) is 17.4 Å². The molecule has 3 aromatic rings. The largest absolute Gasteiger partial charge is 0.489 e. The van der Waals surface area contributed by atoms with Crippen molar-refractivity contribution < 1.29 is 22.7 Å². The number of halogens is 2. The molecule has 5 nitrogen and oxygen atoms in total. The third kappa shape index (κ3) is 4.22. The normalized spacial score (nSPS) is 15.0. The first-order valence-electron chi connectivity index (χ1n) is 10.5. The van der Waals surface area contributed by atoms with Crippen LogP contribution in [0.3, 0.4) is 0 Å². The van der Waals surface area contributed by atoms with E-state index < -0.39 is 6.17 Å². The van der Waals surface area contributed by atoms with Gasteiger partial charge < -0.3 is 19.4 Å². The van der Waals surface area contributed by atoms with Crippen LogP contribution in [0.4, 0.5) is 14.5 Å². The van der Waals surface area contributed by atoms with Crippen LogP contribution in [0.25, 0.3) is 22.3 Å². The number of hydrogen-bond donors (Lipinski definition) is 1. The van der Waals surface area contributed by atoms with Gasteiger partial charge in [-0.15, -0.1) is 0 Å². The maximum atomic E-state index is 13.7. The quantitative estimate of drug-likeness (QED) is 0.597. The number of hydrogen-bond acceptors (Lipinski definition) is 4. The number of benzene rings is 2. The van der Waals surface area contributed by atoms with E-state index in [4.69, 9.17) is 9.15 Å². The number of amides is 1. The number of anilines is 1. The first-order valence-corrected chi connectivity index (χ1v) is 10.5. The van der Waals surface area contributed by atoms with E-state index in [1.54, 1.807) is 19.2 Å². The van der Waals surface area contributed by atoms with Gasteiger partial charge in [0.15, 0.2) is 0 Å². The zero-order valence-corrected chi connectivity index (χ0v) is 17.9. The molecule has 0 unspecified atom stereocenters. The number of piperidine rings is 1. The fraction of sp³-hybridized carbons (Fsp3) is 0.375. The van der Waals surface area contributed by atoms with E-state index in [0.717, 1.165) is 5.69 Å². The van der Waals surface area contributed by atoms with E-state index in [1.807, 2.05) is 26.0 Å². The van der Waals surface area contributed by atoms with E-state index in [9.17, 15) is 13.6 Å². The Morgan fingerprint density at radius 3 is 2.48 bits per heavy atom. The highest BCUT2D eigenvalue weighted by Crippen LogP contribution is 2.41. The first-order chi connectivity index (χ1) is 14.9. The molecule has 7 heteroatoms. The van der Waals surface area contributed by atoms with Gasteiger partial charge in [0.2, 0.25) is 0 Å². The average molecular weight is 428 g/mol. The maximum Gasteiger partial charge on any atom is 0.255 e. The van der Waals surface area contributed by atoms with E-state index in [1.165, 1.54) is 12.1 Å². The van der Waals surface area contributed by atoms with E-state index in [0.29, 0.717) is 59.5 Å². The Balaban J connectivity index is 1.90. The lowest BCUT2D eigenvalue weighted by molar-refractivity contribution is 0.0964. The van der Waals surface area contributed by atoms with Gasteiger partial charge in [0, 0.05) is 37.2 Å². The van der Waals surface area contributed by atoms with E-state index >= 15 is 0 Å². The molecule has 1 aromatic heterocycles. The van der Waals surface area contributed by atoms with Gasteiger partial charge >= 0.3 is 0 Å². The van der Waals surface area contributed by atoms with Crippen LogP contribution in [0.2, 0.25) is 0 Å². The number of carbonyl (C=O) groups is 1. The monoisotopic (exact) mass is 428 g/mol. The molecule has 2 heterocycles. The topological polar surface area (TPSA) is 54.7 Å². The van der Waals surface area contributed by atoms with Crippen LogP contribution in [-0.4, -0.2) is 38.3 Å². The first kappa shape index (κ1) is 21.2. The minimum atomic E-state index is -0.789. The van der Waals surface area contributed by atoms with Crippen molar-refractivity contribution in [2.75, 3.05) is 25.0 Å². The molecule has 4 rings (SSSR count). The van der Waals surface area contributed by atoms with Crippen LogP contribution in [0.15, 0.2) is 40.8 Å². The number of alkyl halides is 1. The molecule has 1 N–H and O–H groups in total. The molecule has 1 saturated heterocycles. The minimum absolute atomic E-state index is 0.0816. The van der Waals surface area contributed by atoms with Crippen molar-refractivity contribution in [3.8, 4) is 17.1 Å². The zero-order chi connectivity index (χ0) is 22.1. The fourth-order valence-corrected chi connectivity index (χ4v) is 3.95. The minimum Gasteiger partial charge on any atom is -0.489 e. The molecule has 1 aliphatic heterocycles. The Morgan fingerprint density at radius 1 is 1.19 bits per heavy atom. The highest BCUT2D eigenvalue weighted by molar-refractivity contribution is 6.12. The maximum absolute atomic E-state index is 13.7. The average Bonchev–Trinajstić information content (AvgIpc) is 3.11. The van der Waals surface area contributed by atoms with Crippen LogP contribution in [-0.2, 0) is 0 Å². The smallest absolute Gasteiger partial charge is 0.255 e. The number of carbonyl (C=O) groups excluding carboxylic acids is 1. The van der Waals surface area contributed by atoms with Gasteiger partial charge in [-0.1, -0.05) is 0 Å². The molecular weight excluding hydrogens is 402 g/mol. The Morgan fingerprint density at radius 2 is 1.87 bits per heavy atom. The van der Waals surface area contributed by atoms with Gasteiger partial charge in [-0.2, -0.15) is 0 Å². The van der Waals surface area contributed by atoms with Gasteiger partial charge in [0.1, 0.15) is 29.1 Å². The number of nitrogens with zero attached hydrogens (tertiary/aromatic N) is 1. The number of nitrogens with one attached hydrogen (secondary N) is 1. The number of furan rings is 1. The molecular formula is C24H26F2N2O3. The summed E-state index contributed by atoms with van der Waals surface area (Å²) in [6.07, 6.45) is 0.0494. The van der Waals surface area contributed by atoms with Gasteiger partial charge in [-0.3, -0.25) is 4.79 Å². The lowest BCUT2D eigenvalue weighted by Crippen LogP contribution is -2.34. The highest BCUT2D eigenvalue weighted by Gasteiger charge is 2.27. The van der Waals surface area contributed by atoms with Crippen LogP contribution in [0, 0.1) is 5.82 Å². The van der Waals surface area contributed by atoms with Crippen molar-refractivity contribution in [2.45, 2.75) is 39.0 Å². The summed E-state index contributed by atoms with van der Waals surface area (Å²) >= 11 is 0. The van der Waals surface area contributed by atoms with Gasteiger partial charge in [0.25, 0.3) is 5.91 Å². The molecule has 0 bridgehead atoms. The Kier molecular flexibility index (Phi) is 5.85. The summed E-state index contributed by atoms with van der Waals surface area (Å²) in [4.78, 5) is 14.9. The number of fused-ring (bicyclic) bond motifs is 1. The summed E-state index contributed by atoms with van der Waals surface area (Å²) in [7, 11) is 1.55. The molecule has 0 aliphatic carbocycles. The van der Waals surface area contributed by atoms with E-state index in [-0.39, 0.29) is 17.8 Å². The summed E-state index contributed by atoms with van der Waals surface area (Å²) in [6, 6.07) is 9.49. The highest BCUT2D eigenvalue weighted by atomic mass is 19.1. The second-order valence-electron chi connectivity index (χ2n) is 8.04. The summed E-state index contributed by atoms with van der Waals surface area (Å²) < 4.78 is 39.3. The molecule has 31 heavy (non-hydrogen) atoms. The molecule has 0 atom stereocenters. The Hall–Kier alpha value is -3.09. The number of rotatable bonds is 5. The van der Waals surface area contributed by atoms with Gasteiger partial charge in [-0.05, 0) is 57.0 Å². The van der Waals surface area contributed by atoms with E-state index in [2.05, 4.69) is 10.2 Å². The summed E-state index contributed by atoms with van der Waals surface area (Å²) in [5.74, 6) is 0.313. The van der Waals surface area contributed by atoms with Crippen LogP contribution in [0.1, 0.15) is 37.0 Å². The molecule has 1 fully saturated rings. The van der Waals surface area contributed by atoms with Crippen molar-refractivity contribution >= 4 is 22.6 Å². The predicted molar refractivity (Wildman–Crippen MR) is 117 cm³/mol. The summed E-state index contributed by atoms with van der Waals surface area (Å²) in [5.41, 5.74) is 2.30. The molecule has 2 aromatic carbocycles. The molecule has 0 spiro atoms. The lowest BCUT2D eigenvalue weighted by Gasteiger charge is -2.32. The standard InChI is InChI=1S/C24H26F2N2O3/c1-14(2)30-21-12-18-20(13-19(21)28-10-8-17(26)9-11-28)31-23(22(18)24(29)27-3)15-4-6-16(25)7-5-15/h4-7,12-14,17H,8-11H2,1-3H3,(H,27,29). The summed E-state index contributed by atoms with van der Waals surface area (Å²) in [6.45, 7) is 5.02. The van der Waals surface area contributed by atoms with Crippen molar-refractivity contribution in [2.24, 2.45) is 0 Å². The second kappa shape index (κ2) is 8.57. The Bertz CT molecular complexity index is 1080. The van der Waals surface area contributed by atoms with Crippen LogP contribution < -0.4 is 15.0 Å². The zero-order valence-electron chi connectivity index (χ0n) is 17.9. The Labute approximate surface area is 180 Å². The number of ether oxygens (including phenoxy) is 1. The van der Waals surface area contributed by atoms with Crippen LogP contribution in [0.5, 0.6) is 5.75 Å². The summed E-state index contributed by atoms with van der Waals surface area (Å²) in [5, 5.41) is 3.27. The lowest BCUT2D eigenvalue weighted by atomic mass is 10.0. The van der Waals surface area contributed by atoms with Crippen molar-refractivity contribution in [1.82, 2.24) is 5.32 Å². The fourth-order valence-electron chi connectivity index (χ4n) is 3.95. The SMILES string of the molecule is CNC(=O)c1c(-c2ccc(F)cc2)oc2cc(N3CCC(F)CC3)c(OC(C)C)cc12. The van der Waals surface area contributed by atoms with Crippen molar-refractivity contribution in [3.63, 3.8) is 0 Å². The van der Waals surface area contributed by atoms with Gasteiger partial charge in [-0.25, -0.2) is 8.78 Å². The molecule has 164 valence electrons. The van der Waals surface area contributed by atoms with Crippen LogP contribution >= 0.6 is 0 Å². The third-order valence-corrected chi connectivity index (χ3v) is 5.46. The predicted octanol–water partition coefficient (Wildman–Crippen LogP) is 5.32. The van der Waals surface area contributed by atoms with Crippen molar-refractivity contribution in [1.29, 1.82) is 0 Å². The molecule has 0 saturated carbocycles. The van der Waals surface area contributed by atoms with Crippen molar-refractivity contribution in [3.05, 3.63) is 47.8 Å². The second-order valence-corrected chi connectivity index (χ2v) is 8.04. The molecule has 0 radical (unpaired) electrons. The third-order valence-electron chi connectivity index (χ3n) is 5.46.